The van der Waals surface area contributed by atoms with Crippen molar-refractivity contribution in [3.63, 3.8) is 0 Å². The second kappa shape index (κ2) is 13.3. The predicted molar refractivity (Wildman–Crippen MR) is 149 cm³/mol. The summed E-state index contributed by atoms with van der Waals surface area (Å²) < 4.78 is 16.4. The first-order chi connectivity index (χ1) is 18.5. The maximum absolute atomic E-state index is 13.4. The first-order valence-electron chi connectivity index (χ1n) is 12.6. The number of para-hydroxylation sites is 1. The van der Waals surface area contributed by atoms with Crippen LogP contribution in [0.15, 0.2) is 84.9 Å². The van der Waals surface area contributed by atoms with Gasteiger partial charge in [0.05, 0.1) is 0 Å². The highest BCUT2D eigenvalue weighted by Gasteiger charge is 2.35. The van der Waals surface area contributed by atoms with Crippen LogP contribution in [0, 0.1) is 0 Å². The monoisotopic (exact) mass is 533 g/mol. The fourth-order valence-corrected chi connectivity index (χ4v) is 3.45. The van der Waals surface area contributed by atoms with E-state index in [0.717, 1.165) is 5.56 Å². The fourth-order valence-electron chi connectivity index (χ4n) is 3.45. The van der Waals surface area contributed by atoms with Crippen LogP contribution in [0.1, 0.15) is 39.7 Å². The van der Waals surface area contributed by atoms with Crippen LogP contribution in [0.5, 0.6) is 11.5 Å². The molecule has 3 aromatic carbocycles. The lowest BCUT2D eigenvalue weighted by Crippen LogP contribution is -2.56. The lowest BCUT2D eigenvalue weighted by atomic mass is 9.96. The summed E-state index contributed by atoms with van der Waals surface area (Å²) in [5.74, 6) is 0.811. The summed E-state index contributed by atoms with van der Waals surface area (Å²) in [6.45, 7) is 6.95. The Morgan fingerprint density at radius 2 is 1.33 bits per heavy atom. The van der Waals surface area contributed by atoms with E-state index in [-0.39, 0.29) is 19.6 Å². The Morgan fingerprint density at radius 3 is 1.95 bits per heavy atom. The topological polar surface area (TPSA) is 115 Å². The molecule has 0 aliphatic heterocycles. The Hall–Kier alpha value is -4.53. The first kappa shape index (κ1) is 29.0. The number of hydrogen-bond acceptors (Lipinski definition) is 6. The number of ether oxygens (including phenoxy) is 3. The molecule has 0 aliphatic carbocycles. The van der Waals surface area contributed by atoms with Crippen LogP contribution in [0.25, 0.3) is 0 Å². The number of carbonyl (C=O) groups is 3. The number of anilines is 1. The molecule has 3 N–H and O–H groups in total. The third kappa shape index (κ3) is 10.0. The fraction of sp³-hybridized carbons (Fsp3) is 0.300. The van der Waals surface area contributed by atoms with Crippen molar-refractivity contribution in [2.24, 2.45) is 0 Å². The molecule has 1 unspecified atom stereocenters. The van der Waals surface area contributed by atoms with Gasteiger partial charge in [-0.2, -0.15) is 0 Å². The van der Waals surface area contributed by atoms with Crippen LogP contribution < -0.4 is 20.7 Å². The van der Waals surface area contributed by atoms with Crippen LogP contribution >= 0.6 is 0 Å². The third-order valence-corrected chi connectivity index (χ3v) is 5.48. The van der Waals surface area contributed by atoms with Crippen LogP contribution in [0.4, 0.5) is 15.3 Å². The number of nitrogens with one attached hydrogen (secondary N) is 3. The Bertz CT molecular complexity index is 1230. The van der Waals surface area contributed by atoms with Crippen LogP contribution in [-0.4, -0.2) is 35.8 Å². The van der Waals surface area contributed by atoms with Crippen molar-refractivity contribution in [2.75, 3.05) is 11.9 Å². The number of amides is 3. The summed E-state index contributed by atoms with van der Waals surface area (Å²) in [6, 6.07) is 25.4. The van der Waals surface area contributed by atoms with Gasteiger partial charge >= 0.3 is 12.2 Å². The smallest absolute Gasteiger partial charge is 0.408 e. The molecule has 0 saturated heterocycles. The second-order valence-corrected chi connectivity index (χ2v) is 10.1. The standard InChI is InChI=1S/C30H35N3O6/c1-29(2,3)39-27(35)31-20-19-30(4,33-28(36)37-21-22-11-7-5-8-12-22)26(34)32-23-15-17-25(18-16-23)38-24-13-9-6-10-14-24/h5-18H,19-21H2,1-4H3,(H,31,35)(H,32,34)(H,33,36). The van der Waals surface area contributed by atoms with Gasteiger partial charge in [0.25, 0.3) is 0 Å². The van der Waals surface area contributed by atoms with Gasteiger partial charge in [0, 0.05) is 12.2 Å². The number of hydrogen-bond donors (Lipinski definition) is 3. The Balaban J connectivity index is 1.65. The molecule has 0 aromatic heterocycles. The minimum atomic E-state index is -1.41. The largest absolute Gasteiger partial charge is 0.457 e. The predicted octanol–water partition coefficient (Wildman–Crippen LogP) is 6.02. The van der Waals surface area contributed by atoms with Crippen molar-refractivity contribution in [1.82, 2.24) is 10.6 Å². The van der Waals surface area contributed by atoms with Gasteiger partial charge < -0.3 is 30.2 Å². The zero-order valence-electron chi connectivity index (χ0n) is 22.7. The van der Waals surface area contributed by atoms with Crippen LogP contribution in [-0.2, 0) is 20.9 Å². The highest BCUT2D eigenvalue weighted by molar-refractivity contribution is 5.99. The molecular formula is C30H35N3O6. The molecule has 0 fully saturated rings. The molecule has 3 aromatic rings. The van der Waals surface area contributed by atoms with E-state index in [0.29, 0.717) is 17.2 Å². The maximum atomic E-state index is 13.4. The van der Waals surface area contributed by atoms with Crippen molar-refractivity contribution in [1.29, 1.82) is 0 Å². The quantitative estimate of drug-likeness (QED) is 0.294. The summed E-state index contributed by atoms with van der Waals surface area (Å²) in [7, 11) is 0. The summed E-state index contributed by atoms with van der Waals surface area (Å²) >= 11 is 0. The van der Waals surface area contributed by atoms with Crippen molar-refractivity contribution < 1.29 is 28.6 Å². The molecule has 9 nitrogen and oxygen atoms in total. The van der Waals surface area contributed by atoms with Crippen molar-refractivity contribution in [3.05, 3.63) is 90.5 Å². The van der Waals surface area contributed by atoms with E-state index in [9.17, 15) is 14.4 Å². The van der Waals surface area contributed by atoms with E-state index < -0.39 is 29.2 Å². The Kier molecular flexibility index (Phi) is 9.92. The minimum Gasteiger partial charge on any atom is -0.457 e. The summed E-state index contributed by atoms with van der Waals surface area (Å²) in [5, 5.41) is 8.11. The molecule has 0 bridgehead atoms. The Morgan fingerprint density at radius 1 is 0.744 bits per heavy atom. The molecule has 0 saturated carbocycles. The minimum absolute atomic E-state index is 0.0450. The Labute approximate surface area is 228 Å². The zero-order valence-corrected chi connectivity index (χ0v) is 22.7. The van der Waals surface area contributed by atoms with Crippen LogP contribution in [0.2, 0.25) is 0 Å². The molecule has 3 amide bonds. The van der Waals surface area contributed by atoms with Gasteiger partial charge in [-0.15, -0.1) is 0 Å². The molecule has 0 aliphatic rings. The van der Waals surface area contributed by atoms with Crippen molar-refractivity contribution >= 4 is 23.8 Å². The number of rotatable bonds is 10. The SMILES string of the molecule is CC(C)(C)OC(=O)NCCC(C)(NC(=O)OCc1ccccc1)C(=O)Nc1ccc(Oc2ccccc2)cc1. The molecule has 206 valence electrons. The van der Waals surface area contributed by atoms with E-state index in [2.05, 4.69) is 16.0 Å². The number of carbonyl (C=O) groups excluding carboxylic acids is 3. The summed E-state index contributed by atoms with van der Waals surface area (Å²) in [6.07, 6.45) is -1.31. The molecule has 39 heavy (non-hydrogen) atoms. The average Bonchev–Trinajstić information content (AvgIpc) is 2.89. The lowest BCUT2D eigenvalue weighted by molar-refractivity contribution is -0.122. The average molecular weight is 534 g/mol. The van der Waals surface area contributed by atoms with Gasteiger partial charge in [0.2, 0.25) is 5.91 Å². The highest BCUT2D eigenvalue weighted by atomic mass is 16.6. The zero-order chi connectivity index (χ0) is 28.3. The van der Waals surface area contributed by atoms with E-state index >= 15 is 0 Å². The molecule has 0 spiro atoms. The van der Waals surface area contributed by atoms with E-state index in [4.69, 9.17) is 14.2 Å². The first-order valence-corrected chi connectivity index (χ1v) is 12.6. The molecule has 0 heterocycles. The number of alkyl carbamates (subject to hydrolysis) is 2. The van der Waals surface area contributed by atoms with Crippen molar-refractivity contribution in [2.45, 2.75) is 51.9 Å². The highest BCUT2D eigenvalue weighted by Crippen LogP contribution is 2.23. The molecule has 3 rings (SSSR count). The summed E-state index contributed by atoms with van der Waals surface area (Å²) in [4.78, 5) is 38.1. The van der Waals surface area contributed by atoms with Gasteiger partial charge in [0.1, 0.15) is 29.2 Å². The third-order valence-electron chi connectivity index (χ3n) is 5.48. The normalized spacial score (nSPS) is 12.4. The second-order valence-electron chi connectivity index (χ2n) is 10.1. The van der Waals surface area contributed by atoms with E-state index in [1.165, 1.54) is 0 Å². The van der Waals surface area contributed by atoms with Gasteiger partial charge in [-0.3, -0.25) is 4.79 Å². The van der Waals surface area contributed by atoms with Gasteiger partial charge in [-0.05, 0) is 76.1 Å². The van der Waals surface area contributed by atoms with Gasteiger partial charge in [0.15, 0.2) is 0 Å². The maximum Gasteiger partial charge on any atom is 0.408 e. The number of benzene rings is 3. The van der Waals surface area contributed by atoms with Crippen molar-refractivity contribution in [3.8, 4) is 11.5 Å². The molecular weight excluding hydrogens is 498 g/mol. The molecule has 9 heteroatoms. The molecule has 0 radical (unpaired) electrons. The summed E-state index contributed by atoms with van der Waals surface area (Å²) in [5.41, 5.74) is -0.766. The van der Waals surface area contributed by atoms with Crippen LogP contribution in [0.3, 0.4) is 0 Å². The van der Waals surface area contributed by atoms with Gasteiger partial charge in [-0.1, -0.05) is 48.5 Å². The van der Waals surface area contributed by atoms with E-state index in [1.807, 2.05) is 60.7 Å². The van der Waals surface area contributed by atoms with Gasteiger partial charge in [-0.25, -0.2) is 9.59 Å². The molecule has 1 atom stereocenters. The lowest BCUT2D eigenvalue weighted by Gasteiger charge is -2.29. The van der Waals surface area contributed by atoms with E-state index in [1.54, 1.807) is 52.0 Å².